The minimum Gasteiger partial charge on any atom is -0.378 e. The Morgan fingerprint density at radius 3 is 2.54 bits per heavy atom. The minimum atomic E-state index is -1.16. The lowest BCUT2D eigenvalue weighted by Gasteiger charge is -2.35. The molecule has 13 heteroatoms. The predicted molar refractivity (Wildman–Crippen MR) is 143 cm³/mol. The second-order valence-electron chi connectivity index (χ2n) is 9.86. The molecule has 2 aliphatic rings. The van der Waals surface area contributed by atoms with Crippen molar-refractivity contribution in [1.82, 2.24) is 19.5 Å². The maximum absolute atomic E-state index is 14.4. The van der Waals surface area contributed by atoms with Crippen LogP contribution in [0.25, 0.3) is 11.2 Å². The SMILES string of the molecule is CC1(C(N)=O)CCC(n2c(Nc3c(Cl)cc(Cl)cc3Cl)nc3cnc(N[C@@H]4CCOC[C@H]4F)nc32)CC1. The van der Waals surface area contributed by atoms with E-state index in [1.807, 2.05) is 11.5 Å². The Morgan fingerprint density at radius 2 is 1.89 bits per heavy atom. The molecule has 3 heterocycles. The van der Waals surface area contributed by atoms with Crippen molar-refractivity contribution in [2.75, 3.05) is 23.8 Å². The summed E-state index contributed by atoms with van der Waals surface area (Å²) in [6.45, 7) is 2.40. The van der Waals surface area contributed by atoms with Gasteiger partial charge >= 0.3 is 0 Å². The summed E-state index contributed by atoms with van der Waals surface area (Å²) in [7, 11) is 0. The number of rotatable bonds is 6. The van der Waals surface area contributed by atoms with Crippen LogP contribution >= 0.6 is 34.8 Å². The average Bonchev–Trinajstić information content (AvgIpc) is 3.20. The van der Waals surface area contributed by atoms with E-state index in [-0.39, 0.29) is 18.6 Å². The van der Waals surface area contributed by atoms with Crippen LogP contribution in [0, 0.1) is 5.41 Å². The third kappa shape index (κ3) is 5.30. The lowest BCUT2D eigenvalue weighted by Crippen LogP contribution is -2.39. The van der Waals surface area contributed by atoms with Crippen LogP contribution in [0.4, 0.5) is 22.0 Å². The van der Waals surface area contributed by atoms with Gasteiger partial charge < -0.3 is 21.1 Å². The zero-order valence-corrected chi connectivity index (χ0v) is 22.4. The van der Waals surface area contributed by atoms with Crippen LogP contribution in [0.5, 0.6) is 0 Å². The summed E-state index contributed by atoms with van der Waals surface area (Å²) in [5.74, 6) is 0.468. The molecule has 2 aromatic heterocycles. The molecule has 1 aliphatic carbocycles. The number of nitrogens with one attached hydrogen (secondary N) is 2. The van der Waals surface area contributed by atoms with Crippen molar-refractivity contribution in [3.8, 4) is 0 Å². The molecule has 37 heavy (non-hydrogen) atoms. The van der Waals surface area contributed by atoms with E-state index in [0.717, 1.165) is 0 Å². The van der Waals surface area contributed by atoms with E-state index in [9.17, 15) is 9.18 Å². The Kier molecular flexibility index (Phi) is 7.37. The van der Waals surface area contributed by atoms with Gasteiger partial charge in [0.15, 0.2) is 5.65 Å². The molecule has 1 amide bonds. The molecule has 1 aromatic carbocycles. The topological polar surface area (TPSA) is 120 Å². The third-order valence-electron chi connectivity index (χ3n) is 7.30. The Hall–Kier alpha value is -2.40. The maximum Gasteiger partial charge on any atom is 0.225 e. The van der Waals surface area contributed by atoms with Gasteiger partial charge in [0, 0.05) is 23.1 Å². The fraction of sp³-hybridized carbons (Fsp3) is 0.500. The summed E-state index contributed by atoms with van der Waals surface area (Å²) < 4.78 is 21.5. The summed E-state index contributed by atoms with van der Waals surface area (Å²) in [5.41, 5.74) is 6.67. The van der Waals surface area contributed by atoms with Crippen LogP contribution in [-0.2, 0) is 9.53 Å². The predicted octanol–water partition coefficient (Wildman–Crippen LogP) is 5.68. The number of imidazole rings is 1. The van der Waals surface area contributed by atoms with Gasteiger partial charge in [0.1, 0.15) is 11.7 Å². The van der Waals surface area contributed by atoms with Crippen LogP contribution in [0.1, 0.15) is 45.1 Å². The number of carbonyl (C=O) groups is 1. The van der Waals surface area contributed by atoms with Gasteiger partial charge in [-0.3, -0.25) is 9.36 Å². The van der Waals surface area contributed by atoms with E-state index in [4.69, 9.17) is 55.2 Å². The number of alkyl halides is 1. The summed E-state index contributed by atoms with van der Waals surface area (Å²) in [6, 6.07) is 2.70. The quantitative estimate of drug-likeness (QED) is 0.349. The third-order valence-corrected chi connectivity index (χ3v) is 8.11. The first-order valence-electron chi connectivity index (χ1n) is 12.1. The number of carbonyl (C=O) groups excluding carboxylic acids is 1. The van der Waals surface area contributed by atoms with Crippen LogP contribution in [-0.4, -0.2) is 50.9 Å². The molecule has 3 aromatic rings. The fourth-order valence-corrected chi connectivity index (χ4v) is 5.86. The van der Waals surface area contributed by atoms with Crippen molar-refractivity contribution in [2.24, 2.45) is 11.1 Å². The van der Waals surface area contributed by atoms with Gasteiger partial charge in [-0.2, -0.15) is 4.98 Å². The Labute approximate surface area is 228 Å². The van der Waals surface area contributed by atoms with E-state index >= 15 is 0 Å². The zero-order valence-electron chi connectivity index (χ0n) is 20.1. The molecule has 0 spiro atoms. The lowest BCUT2D eigenvalue weighted by atomic mass is 9.73. The molecule has 0 bridgehead atoms. The first-order valence-corrected chi connectivity index (χ1v) is 13.2. The average molecular weight is 571 g/mol. The van der Waals surface area contributed by atoms with Gasteiger partial charge in [-0.25, -0.2) is 14.4 Å². The van der Waals surface area contributed by atoms with Gasteiger partial charge in [0.05, 0.1) is 34.6 Å². The van der Waals surface area contributed by atoms with Crippen LogP contribution in [0.3, 0.4) is 0 Å². The summed E-state index contributed by atoms with van der Waals surface area (Å²) in [4.78, 5) is 25.9. The number of aromatic nitrogens is 4. The van der Waals surface area contributed by atoms with E-state index in [0.29, 0.717) is 82.5 Å². The highest BCUT2D eigenvalue weighted by Crippen LogP contribution is 2.44. The summed E-state index contributed by atoms with van der Waals surface area (Å²) >= 11 is 19.0. The molecule has 0 radical (unpaired) electrons. The van der Waals surface area contributed by atoms with Crippen LogP contribution in [0.2, 0.25) is 15.1 Å². The summed E-state index contributed by atoms with van der Waals surface area (Å²) in [6.07, 6.45) is 3.56. The second-order valence-corrected chi connectivity index (χ2v) is 11.1. The van der Waals surface area contributed by atoms with Crippen molar-refractivity contribution in [2.45, 2.75) is 57.3 Å². The zero-order chi connectivity index (χ0) is 26.3. The molecular formula is C24H27Cl3FN7O2. The number of ether oxygens (including phenoxy) is 1. The molecule has 0 unspecified atom stereocenters. The fourth-order valence-electron chi connectivity index (χ4n) is 4.94. The van der Waals surface area contributed by atoms with Gasteiger partial charge in [-0.15, -0.1) is 0 Å². The molecule has 4 N–H and O–H groups in total. The van der Waals surface area contributed by atoms with Crippen molar-refractivity contribution < 1.29 is 13.9 Å². The minimum absolute atomic E-state index is 0.0369. The number of hydrogen-bond donors (Lipinski definition) is 3. The van der Waals surface area contributed by atoms with E-state index < -0.39 is 17.6 Å². The molecule has 5 rings (SSSR count). The number of halogens is 4. The standard InChI is InChI=1S/C24H27Cl3FN7O2/c1-24(21(29)36)5-2-13(3-6-24)35-20-18(10-30-22(34-20)31-17-4-7-37-11-16(17)28)32-23(35)33-19-14(26)8-12(25)9-15(19)27/h8-10,13,16-17H,2-7,11H2,1H3,(H2,29,36)(H,32,33)(H,30,31,34)/t13?,16-,17-,24?/m1/s1. The monoisotopic (exact) mass is 569 g/mol. The first-order chi connectivity index (χ1) is 17.6. The molecule has 2 atom stereocenters. The molecular weight excluding hydrogens is 544 g/mol. The number of nitrogens with zero attached hydrogens (tertiary/aromatic N) is 4. The molecule has 1 saturated carbocycles. The normalized spacial score (nSPS) is 26.2. The molecule has 2 fully saturated rings. The first kappa shape index (κ1) is 26.2. The van der Waals surface area contributed by atoms with Gasteiger partial charge in [0.25, 0.3) is 0 Å². The number of amides is 1. The molecule has 198 valence electrons. The Morgan fingerprint density at radius 1 is 1.19 bits per heavy atom. The van der Waals surface area contributed by atoms with E-state index in [2.05, 4.69) is 15.6 Å². The molecule has 9 nitrogen and oxygen atoms in total. The highest BCUT2D eigenvalue weighted by molar-refractivity contribution is 6.41. The Balaban J connectivity index is 1.54. The van der Waals surface area contributed by atoms with Gasteiger partial charge in [0.2, 0.25) is 17.8 Å². The van der Waals surface area contributed by atoms with E-state index in [1.54, 1.807) is 18.3 Å². The van der Waals surface area contributed by atoms with Crippen LogP contribution in [0.15, 0.2) is 18.3 Å². The lowest BCUT2D eigenvalue weighted by molar-refractivity contribution is -0.128. The highest BCUT2D eigenvalue weighted by Gasteiger charge is 2.38. The van der Waals surface area contributed by atoms with Crippen molar-refractivity contribution in [3.63, 3.8) is 0 Å². The van der Waals surface area contributed by atoms with Crippen molar-refractivity contribution in [3.05, 3.63) is 33.4 Å². The number of nitrogens with two attached hydrogens (primary N) is 1. The highest BCUT2D eigenvalue weighted by atomic mass is 35.5. The van der Waals surface area contributed by atoms with Crippen LogP contribution < -0.4 is 16.4 Å². The number of benzene rings is 1. The van der Waals surface area contributed by atoms with E-state index in [1.165, 1.54) is 0 Å². The molecule has 1 saturated heterocycles. The van der Waals surface area contributed by atoms with Gasteiger partial charge in [-0.05, 0) is 44.2 Å². The number of hydrogen-bond acceptors (Lipinski definition) is 7. The number of fused-ring (bicyclic) bond motifs is 1. The smallest absolute Gasteiger partial charge is 0.225 e. The largest absolute Gasteiger partial charge is 0.378 e. The Bertz CT molecular complexity index is 1310. The summed E-state index contributed by atoms with van der Waals surface area (Å²) in [5, 5.41) is 7.44. The number of anilines is 3. The van der Waals surface area contributed by atoms with Gasteiger partial charge in [-0.1, -0.05) is 41.7 Å². The van der Waals surface area contributed by atoms with Crippen molar-refractivity contribution >= 4 is 69.5 Å². The second kappa shape index (κ2) is 10.4. The maximum atomic E-state index is 14.4. The molecule has 1 aliphatic heterocycles. The van der Waals surface area contributed by atoms with Crippen molar-refractivity contribution in [1.29, 1.82) is 0 Å². The number of primary amides is 1.